The Balaban J connectivity index is 2.05. The summed E-state index contributed by atoms with van der Waals surface area (Å²) in [5.74, 6) is -1.96. The zero-order valence-electron chi connectivity index (χ0n) is 11.6. The fourth-order valence-corrected chi connectivity index (χ4v) is 2.69. The zero-order chi connectivity index (χ0) is 15.7. The summed E-state index contributed by atoms with van der Waals surface area (Å²) in [6, 6.07) is 14.5. The van der Waals surface area contributed by atoms with Gasteiger partial charge in [0.1, 0.15) is 0 Å². The van der Waals surface area contributed by atoms with Crippen molar-refractivity contribution in [3.05, 3.63) is 71.3 Å². The van der Waals surface area contributed by atoms with Gasteiger partial charge in [0.25, 0.3) is 11.8 Å². The first-order valence-corrected chi connectivity index (χ1v) is 6.83. The molecule has 0 bridgehead atoms. The minimum atomic E-state index is -1.06. The number of benzene rings is 2. The fraction of sp³-hybridized carbons (Fsp3) is 0.118. The molecule has 2 aromatic carbocycles. The Morgan fingerprint density at radius 2 is 1.41 bits per heavy atom. The number of amides is 2. The second kappa shape index (κ2) is 5.44. The maximum absolute atomic E-state index is 12.5. The average molecular weight is 295 g/mol. The van der Waals surface area contributed by atoms with Crippen LogP contribution >= 0.6 is 0 Å². The Morgan fingerprint density at radius 1 is 0.909 bits per heavy atom. The molecule has 0 aromatic heterocycles. The summed E-state index contributed by atoms with van der Waals surface area (Å²) in [6.45, 7) is 0. The van der Waals surface area contributed by atoms with Gasteiger partial charge in [-0.2, -0.15) is 0 Å². The number of carbonyl (C=O) groups is 3. The van der Waals surface area contributed by atoms with Gasteiger partial charge in [-0.25, -0.2) is 0 Å². The normalized spacial score (nSPS) is 14.8. The van der Waals surface area contributed by atoms with Crippen LogP contribution in [0.25, 0.3) is 0 Å². The third-order valence-electron chi connectivity index (χ3n) is 3.69. The number of hydrogen-bond acceptors (Lipinski definition) is 3. The smallest absolute Gasteiger partial charge is 0.305 e. The lowest BCUT2D eigenvalue weighted by Crippen LogP contribution is -2.35. The van der Waals surface area contributed by atoms with E-state index in [1.165, 1.54) is 0 Å². The second-order valence-corrected chi connectivity index (χ2v) is 5.05. The van der Waals surface area contributed by atoms with E-state index in [-0.39, 0.29) is 6.42 Å². The molecule has 5 nitrogen and oxygen atoms in total. The maximum Gasteiger partial charge on any atom is 0.305 e. The lowest BCUT2D eigenvalue weighted by Gasteiger charge is -2.25. The quantitative estimate of drug-likeness (QED) is 0.879. The molecule has 1 heterocycles. The van der Waals surface area contributed by atoms with E-state index in [0.717, 1.165) is 4.90 Å². The predicted molar refractivity (Wildman–Crippen MR) is 78.4 cm³/mol. The summed E-state index contributed by atoms with van der Waals surface area (Å²) in [5, 5.41) is 9.15. The van der Waals surface area contributed by atoms with Crippen LogP contribution in [0.15, 0.2) is 54.6 Å². The number of aliphatic carboxylic acids is 1. The molecule has 22 heavy (non-hydrogen) atoms. The molecule has 0 saturated carbocycles. The van der Waals surface area contributed by atoms with Crippen LogP contribution in [-0.4, -0.2) is 27.8 Å². The lowest BCUT2D eigenvalue weighted by atomic mass is 10.0. The molecule has 1 aliphatic heterocycles. The van der Waals surface area contributed by atoms with Gasteiger partial charge in [0.15, 0.2) is 0 Å². The van der Waals surface area contributed by atoms with Gasteiger partial charge < -0.3 is 5.11 Å². The molecular weight excluding hydrogens is 282 g/mol. The topological polar surface area (TPSA) is 74.7 Å². The molecule has 5 heteroatoms. The standard InChI is InChI=1S/C17H13NO4/c19-15(20)10-14(11-6-2-1-3-7-11)18-16(21)12-8-4-5-9-13(12)17(18)22/h1-9,14H,10H2,(H,19,20)/t14-/m1/s1. The zero-order valence-corrected chi connectivity index (χ0v) is 11.6. The first-order chi connectivity index (χ1) is 10.6. The molecule has 0 radical (unpaired) electrons. The Morgan fingerprint density at radius 3 is 1.91 bits per heavy atom. The number of carboxylic acid groups (broad SMARTS) is 1. The van der Waals surface area contributed by atoms with E-state index in [1.54, 1.807) is 54.6 Å². The third-order valence-corrected chi connectivity index (χ3v) is 3.69. The van der Waals surface area contributed by atoms with Crippen molar-refractivity contribution in [1.82, 2.24) is 4.90 Å². The largest absolute Gasteiger partial charge is 0.481 e. The first-order valence-electron chi connectivity index (χ1n) is 6.83. The Labute approximate surface area is 126 Å². The highest BCUT2D eigenvalue weighted by Crippen LogP contribution is 2.33. The van der Waals surface area contributed by atoms with Crippen LogP contribution in [0.1, 0.15) is 38.7 Å². The van der Waals surface area contributed by atoms with E-state index in [9.17, 15) is 14.4 Å². The fourth-order valence-electron chi connectivity index (χ4n) is 2.69. The average Bonchev–Trinajstić information content (AvgIpc) is 2.78. The van der Waals surface area contributed by atoms with Crippen molar-refractivity contribution in [2.75, 3.05) is 0 Å². The summed E-state index contributed by atoms with van der Waals surface area (Å²) < 4.78 is 0. The van der Waals surface area contributed by atoms with Crippen LogP contribution < -0.4 is 0 Å². The molecule has 1 aliphatic rings. The van der Waals surface area contributed by atoms with Crippen molar-refractivity contribution in [2.24, 2.45) is 0 Å². The molecule has 0 aliphatic carbocycles. The Hall–Kier alpha value is -2.95. The molecule has 0 saturated heterocycles. The lowest BCUT2D eigenvalue weighted by molar-refractivity contribution is -0.138. The third kappa shape index (κ3) is 2.26. The molecular formula is C17H13NO4. The first kappa shape index (κ1) is 14.0. The minimum Gasteiger partial charge on any atom is -0.481 e. The summed E-state index contributed by atoms with van der Waals surface area (Å²) in [5.41, 5.74) is 1.26. The maximum atomic E-state index is 12.5. The number of hydrogen-bond donors (Lipinski definition) is 1. The molecule has 2 amide bonds. The van der Waals surface area contributed by atoms with Gasteiger partial charge in [0, 0.05) is 0 Å². The summed E-state index contributed by atoms with van der Waals surface area (Å²) >= 11 is 0. The predicted octanol–water partition coefficient (Wildman–Crippen LogP) is 2.50. The minimum absolute atomic E-state index is 0.318. The van der Waals surface area contributed by atoms with Gasteiger partial charge in [-0.15, -0.1) is 0 Å². The van der Waals surface area contributed by atoms with Crippen LogP contribution in [0.3, 0.4) is 0 Å². The number of carboxylic acids is 1. The Kier molecular flexibility index (Phi) is 3.47. The van der Waals surface area contributed by atoms with Gasteiger partial charge in [-0.3, -0.25) is 19.3 Å². The summed E-state index contributed by atoms with van der Waals surface area (Å²) in [6.07, 6.45) is -0.324. The van der Waals surface area contributed by atoms with Crippen LogP contribution in [-0.2, 0) is 4.79 Å². The van der Waals surface area contributed by atoms with E-state index < -0.39 is 23.8 Å². The van der Waals surface area contributed by atoms with Gasteiger partial charge in [0.2, 0.25) is 0 Å². The van der Waals surface area contributed by atoms with Crippen LogP contribution in [0.5, 0.6) is 0 Å². The molecule has 1 N–H and O–H groups in total. The SMILES string of the molecule is O=C(O)C[C@H](c1ccccc1)N1C(=O)c2ccccc2C1=O. The van der Waals surface area contributed by atoms with Crippen LogP contribution in [0.4, 0.5) is 0 Å². The molecule has 0 unspecified atom stereocenters. The van der Waals surface area contributed by atoms with Gasteiger partial charge >= 0.3 is 5.97 Å². The second-order valence-electron chi connectivity index (χ2n) is 5.05. The molecule has 110 valence electrons. The van der Waals surface area contributed by atoms with E-state index in [2.05, 4.69) is 0 Å². The van der Waals surface area contributed by atoms with Gasteiger partial charge in [-0.1, -0.05) is 42.5 Å². The number of carbonyl (C=O) groups excluding carboxylic acids is 2. The molecule has 1 atom stereocenters. The number of imide groups is 1. The highest BCUT2D eigenvalue weighted by Gasteiger charge is 2.40. The molecule has 0 fully saturated rings. The van der Waals surface area contributed by atoms with Crippen LogP contribution in [0, 0.1) is 0 Å². The van der Waals surface area contributed by atoms with Crippen molar-refractivity contribution in [3.63, 3.8) is 0 Å². The van der Waals surface area contributed by atoms with Crippen molar-refractivity contribution >= 4 is 17.8 Å². The van der Waals surface area contributed by atoms with Gasteiger partial charge in [-0.05, 0) is 17.7 Å². The Bertz CT molecular complexity index is 719. The number of fused-ring (bicyclic) bond motifs is 1. The van der Waals surface area contributed by atoms with Crippen molar-refractivity contribution in [2.45, 2.75) is 12.5 Å². The molecule has 3 rings (SSSR count). The van der Waals surface area contributed by atoms with Crippen molar-refractivity contribution < 1.29 is 19.5 Å². The molecule has 0 spiro atoms. The van der Waals surface area contributed by atoms with Gasteiger partial charge in [0.05, 0.1) is 23.6 Å². The number of rotatable bonds is 4. The highest BCUT2D eigenvalue weighted by molar-refractivity contribution is 6.21. The van der Waals surface area contributed by atoms with Crippen molar-refractivity contribution in [1.29, 1.82) is 0 Å². The molecule has 2 aromatic rings. The van der Waals surface area contributed by atoms with Crippen molar-refractivity contribution in [3.8, 4) is 0 Å². The number of nitrogens with zero attached hydrogens (tertiary/aromatic N) is 1. The van der Waals surface area contributed by atoms with Crippen LogP contribution in [0.2, 0.25) is 0 Å². The monoisotopic (exact) mass is 295 g/mol. The van der Waals surface area contributed by atoms with E-state index in [1.807, 2.05) is 0 Å². The van der Waals surface area contributed by atoms with E-state index >= 15 is 0 Å². The van der Waals surface area contributed by atoms with E-state index in [0.29, 0.717) is 16.7 Å². The summed E-state index contributed by atoms with van der Waals surface area (Å²) in [7, 11) is 0. The summed E-state index contributed by atoms with van der Waals surface area (Å²) in [4.78, 5) is 37.3. The highest BCUT2D eigenvalue weighted by atomic mass is 16.4. The van der Waals surface area contributed by atoms with E-state index in [4.69, 9.17) is 5.11 Å².